The average molecular weight is 451 g/mol. The first kappa shape index (κ1) is 28.2. The van der Waals surface area contributed by atoms with Gasteiger partial charge in [-0.25, -0.2) is 21.7 Å². The van der Waals surface area contributed by atoms with Gasteiger partial charge in [0, 0.05) is 6.92 Å². The Morgan fingerprint density at radius 3 is 2.13 bits per heavy atom. The number of aliphatic hydroxyl groups excluding tert-OH is 1. The fourth-order valence-corrected chi connectivity index (χ4v) is 2.16. The number of hydrogen-bond donors (Lipinski definition) is 10. The number of carbonyl (C=O) groups excluding carboxylic acids is 5. The van der Waals surface area contributed by atoms with Crippen LogP contribution in [0.5, 0.6) is 0 Å². The topological polar surface area (TPSA) is 230 Å². The lowest BCUT2D eigenvalue weighted by atomic mass is 10.0. The van der Waals surface area contributed by atoms with Crippen LogP contribution in [0.3, 0.4) is 0 Å². The molecule has 2 atom stereocenters. The molecule has 0 saturated carbocycles. The normalized spacial score (nSPS) is 13.0. The average Bonchev–Trinajstić information content (AvgIpc) is 2.65. The number of rotatable bonds is 17. The highest BCUT2D eigenvalue weighted by Gasteiger charge is 2.25. The van der Waals surface area contributed by atoms with Gasteiger partial charge in [-0.2, -0.15) is 0 Å². The van der Waals surface area contributed by atoms with E-state index in [-0.39, 0.29) is 13.0 Å². The first-order chi connectivity index (χ1) is 14.1. The Bertz CT molecular complexity index is 606. The van der Waals surface area contributed by atoms with Crippen LogP contribution in [0.25, 0.3) is 0 Å². The van der Waals surface area contributed by atoms with Crippen molar-refractivity contribution in [2.75, 3.05) is 26.2 Å². The van der Waals surface area contributed by atoms with Gasteiger partial charge in [0.25, 0.3) is 0 Å². The molecule has 0 saturated heterocycles. The first-order valence-electron chi connectivity index (χ1n) is 9.00. The van der Waals surface area contributed by atoms with E-state index in [4.69, 9.17) is 11.5 Å². The molecule has 0 radical (unpaired) electrons. The highest BCUT2D eigenvalue weighted by Crippen LogP contribution is 1.99. The largest absolute Gasteiger partial charge is 0.394 e. The number of thiol groups is 1. The van der Waals surface area contributed by atoms with E-state index < -0.39 is 60.0 Å². The molecule has 14 nitrogen and oxygen atoms in total. The second-order valence-electron chi connectivity index (χ2n) is 6.13. The monoisotopic (exact) mass is 450 g/mol. The number of amides is 2. The number of aliphatic hydroxyl groups is 1. The van der Waals surface area contributed by atoms with Gasteiger partial charge < -0.3 is 16.6 Å². The molecule has 0 fully saturated rings. The minimum Gasteiger partial charge on any atom is -0.394 e. The van der Waals surface area contributed by atoms with Crippen molar-refractivity contribution in [3.63, 3.8) is 0 Å². The summed E-state index contributed by atoms with van der Waals surface area (Å²) < 4.78 is 0. The molecule has 2 amide bonds. The molecule has 11 N–H and O–H groups in total. The van der Waals surface area contributed by atoms with Gasteiger partial charge in [-0.3, -0.25) is 34.6 Å². The van der Waals surface area contributed by atoms with Crippen LogP contribution in [0.15, 0.2) is 0 Å². The third-order valence-electron chi connectivity index (χ3n) is 3.48. The smallest absolute Gasteiger partial charge is 0.247 e. The molecular weight excluding hydrogens is 420 g/mol. The lowest BCUT2D eigenvalue weighted by Gasteiger charge is -2.19. The van der Waals surface area contributed by atoms with Crippen molar-refractivity contribution in [1.82, 2.24) is 32.3 Å². The molecule has 0 rings (SSSR count). The van der Waals surface area contributed by atoms with Gasteiger partial charge in [0.05, 0.1) is 25.7 Å². The van der Waals surface area contributed by atoms with Crippen LogP contribution in [-0.4, -0.2) is 78.2 Å². The van der Waals surface area contributed by atoms with Crippen LogP contribution in [0.4, 0.5) is 0 Å². The van der Waals surface area contributed by atoms with Crippen molar-refractivity contribution in [1.29, 1.82) is 0 Å². The van der Waals surface area contributed by atoms with Crippen LogP contribution in [-0.2, 0) is 24.0 Å². The second-order valence-corrected chi connectivity index (χ2v) is 6.63. The number of Topliss-reactive ketones (excluding diaryl/α,β-unsaturated/α-hetero) is 2. The van der Waals surface area contributed by atoms with Crippen LogP contribution in [0, 0.1) is 0 Å². The Hall–Kier alpha value is -1.82. The second kappa shape index (κ2) is 15.9. The highest BCUT2D eigenvalue weighted by atomic mass is 32.1. The molecule has 30 heavy (non-hydrogen) atoms. The van der Waals surface area contributed by atoms with Crippen LogP contribution >= 0.6 is 12.6 Å². The zero-order valence-corrected chi connectivity index (χ0v) is 17.5. The Kier molecular flexibility index (Phi) is 15.0. The number of nitrogens with two attached hydrogens (primary N) is 2. The minimum atomic E-state index is -1.21. The van der Waals surface area contributed by atoms with E-state index in [9.17, 15) is 29.1 Å². The third-order valence-corrected chi connectivity index (χ3v) is 3.64. The van der Waals surface area contributed by atoms with Crippen molar-refractivity contribution >= 4 is 41.1 Å². The van der Waals surface area contributed by atoms with E-state index in [1.165, 1.54) is 0 Å². The molecule has 0 bridgehead atoms. The summed E-state index contributed by atoms with van der Waals surface area (Å²) >= 11 is 3.59. The van der Waals surface area contributed by atoms with E-state index in [0.717, 1.165) is 6.92 Å². The number of ketones is 2. The van der Waals surface area contributed by atoms with Crippen molar-refractivity contribution < 1.29 is 29.1 Å². The molecule has 0 aromatic rings. The van der Waals surface area contributed by atoms with Crippen LogP contribution < -0.4 is 43.8 Å². The summed E-state index contributed by atoms with van der Waals surface area (Å²) in [5.41, 5.74) is 20.6. The Labute approximate surface area is 179 Å². The van der Waals surface area contributed by atoms with E-state index in [1.54, 1.807) is 0 Å². The molecular formula is C15H30N8O6S. The van der Waals surface area contributed by atoms with Crippen molar-refractivity contribution in [2.24, 2.45) is 11.5 Å². The molecule has 15 heteroatoms. The molecule has 0 aromatic heterocycles. The summed E-state index contributed by atoms with van der Waals surface area (Å²) in [7, 11) is 0. The number of imide groups is 1. The zero-order valence-electron chi connectivity index (χ0n) is 16.6. The van der Waals surface area contributed by atoms with Gasteiger partial charge >= 0.3 is 0 Å². The summed E-state index contributed by atoms with van der Waals surface area (Å²) in [6, 6.07) is -2.15. The lowest BCUT2D eigenvalue weighted by Crippen LogP contribution is -2.55. The maximum absolute atomic E-state index is 12.4. The molecule has 0 aliphatic heterocycles. The third kappa shape index (κ3) is 13.4. The van der Waals surface area contributed by atoms with Crippen molar-refractivity contribution in [3.8, 4) is 0 Å². The van der Waals surface area contributed by atoms with Gasteiger partial charge in [-0.05, 0) is 19.4 Å². The molecule has 172 valence electrons. The summed E-state index contributed by atoms with van der Waals surface area (Å²) in [4.78, 5) is 58.0. The lowest BCUT2D eigenvalue weighted by molar-refractivity contribution is -0.137. The van der Waals surface area contributed by atoms with E-state index in [1.807, 2.05) is 5.32 Å². The fraction of sp³-hybridized carbons (Fsp3) is 0.667. The van der Waals surface area contributed by atoms with Crippen LogP contribution in [0.1, 0.15) is 19.8 Å². The SMILES string of the molecule is CC(=O)NC(=O)[C@H](CO)NNCC(=O)C(=O)[C@H](CCCNC(N)N)NNCC(=O)S. The summed E-state index contributed by atoms with van der Waals surface area (Å²) in [5.74, 6) is -3.03. The number of carbonyl (C=O) groups is 5. The fourth-order valence-electron chi connectivity index (χ4n) is 2.08. The summed E-state index contributed by atoms with van der Waals surface area (Å²) in [6.45, 7) is 0.206. The number of nitrogens with one attached hydrogen (secondary N) is 6. The van der Waals surface area contributed by atoms with E-state index in [2.05, 4.69) is 39.6 Å². The maximum atomic E-state index is 12.4. The summed E-state index contributed by atoms with van der Waals surface area (Å²) in [5, 5.41) is 13.4. The molecule has 0 heterocycles. The Morgan fingerprint density at radius 2 is 1.60 bits per heavy atom. The zero-order chi connectivity index (χ0) is 23.1. The Morgan fingerprint density at radius 1 is 1.00 bits per heavy atom. The minimum absolute atomic E-state index is 0.170. The van der Waals surface area contributed by atoms with E-state index in [0.29, 0.717) is 13.0 Å². The molecule has 0 unspecified atom stereocenters. The van der Waals surface area contributed by atoms with Crippen molar-refractivity contribution in [2.45, 2.75) is 38.1 Å². The first-order valence-corrected chi connectivity index (χ1v) is 9.45. The summed E-state index contributed by atoms with van der Waals surface area (Å²) in [6.07, 6.45) is -0.0449. The molecule has 0 spiro atoms. The van der Waals surface area contributed by atoms with E-state index >= 15 is 0 Å². The van der Waals surface area contributed by atoms with Gasteiger partial charge in [0.15, 0.2) is 0 Å². The maximum Gasteiger partial charge on any atom is 0.247 e. The molecule has 0 aliphatic rings. The van der Waals surface area contributed by atoms with Gasteiger partial charge in [0.1, 0.15) is 12.3 Å². The highest BCUT2D eigenvalue weighted by molar-refractivity contribution is 7.96. The van der Waals surface area contributed by atoms with Gasteiger partial charge in [-0.15, -0.1) is 12.6 Å². The van der Waals surface area contributed by atoms with Crippen LogP contribution in [0.2, 0.25) is 0 Å². The molecule has 0 aromatic carbocycles. The standard InChI is InChI=1S/C15H30N8O6S/c1-8(25)21-14(29)10(7-24)23-19-5-11(26)13(28)9(22-20-6-12(27)30)3-2-4-18-15(16)17/h9-10,15,18-20,22-24H,2-7,16-17H2,1H3,(H,27,30)(H,21,25,29)/t9-,10-/m0/s1. The van der Waals surface area contributed by atoms with Gasteiger partial charge in [0.2, 0.25) is 28.5 Å². The number of hydrogen-bond acceptors (Lipinski definition) is 13. The van der Waals surface area contributed by atoms with Gasteiger partial charge in [-0.1, -0.05) is 0 Å². The quantitative estimate of drug-likeness (QED) is 0.0328. The molecule has 0 aliphatic carbocycles. The predicted octanol–water partition coefficient (Wildman–Crippen LogP) is -5.27. The number of hydrazine groups is 2. The predicted molar refractivity (Wildman–Crippen MR) is 109 cm³/mol. The Balaban J connectivity index is 4.66. The van der Waals surface area contributed by atoms with Crippen molar-refractivity contribution in [3.05, 3.63) is 0 Å².